The molecule has 1 amide bonds. The first-order valence-electron chi connectivity index (χ1n) is 7.33. The number of rotatable bonds is 4. The molecule has 0 bridgehead atoms. The van der Waals surface area contributed by atoms with Gasteiger partial charge in [0, 0.05) is 17.0 Å². The summed E-state index contributed by atoms with van der Waals surface area (Å²) in [5, 5.41) is 8.88. The van der Waals surface area contributed by atoms with Crippen molar-refractivity contribution in [3.05, 3.63) is 52.7 Å². The van der Waals surface area contributed by atoms with Gasteiger partial charge in [0.05, 0.1) is 11.4 Å². The van der Waals surface area contributed by atoms with Gasteiger partial charge < -0.3 is 4.52 Å². The lowest BCUT2D eigenvalue weighted by molar-refractivity contribution is 0.0988. The predicted octanol–water partition coefficient (Wildman–Crippen LogP) is 4.48. The number of hydrogen-bond acceptors (Lipinski definition) is 5. The highest BCUT2D eigenvalue weighted by molar-refractivity contribution is 7.14. The van der Waals surface area contributed by atoms with Crippen LogP contribution in [0.3, 0.4) is 0 Å². The van der Waals surface area contributed by atoms with Crippen molar-refractivity contribution in [2.45, 2.75) is 26.7 Å². The number of amides is 1. The minimum absolute atomic E-state index is 0.181. The van der Waals surface area contributed by atoms with Gasteiger partial charge in [-0.05, 0) is 18.4 Å². The van der Waals surface area contributed by atoms with Crippen LogP contribution in [-0.2, 0) is 0 Å². The molecule has 118 valence electrons. The van der Waals surface area contributed by atoms with E-state index in [1.54, 1.807) is 13.0 Å². The van der Waals surface area contributed by atoms with Gasteiger partial charge in [-0.3, -0.25) is 10.1 Å². The van der Waals surface area contributed by atoms with E-state index in [-0.39, 0.29) is 11.7 Å². The lowest BCUT2D eigenvalue weighted by atomic mass is 10.0. The van der Waals surface area contributed by atoms with Crippen molar-refractivity contribution in [2.75, 3.05) is 5.32 Å². The molecule has 1 aromatic carbocycles. The van der Waals surface area contributed by atoms with Gasteiger partial charge in [-0.25, -0.2) is 4.98 Å². The van der Waals surface area contributed by atoms with Crippen LogP contribution in [0.5, 0.6) is 0 Å². The minimum atomic E-state index is -0.346. The molecule has 3 rings (SSSR count). The van der Waals surface area contributed by atoms with Crippen LogP contribution in [0.15, 0.2) is 40.2 Å². The molecule has 0 unspecified atom stereocenters. The summed E-state index contributed by atoms with van der Waals surface area (Å²) in [4.78, 5) is 16.5. The van der Waals surface area contributed by atoms with Crippen molar-refractivity contribution in [1.29, 1.82) is 0 Å². The Morgan fingerprint density at radius 1 is 1.26 bits per heavy atom. The third-order valence-electron chi connectivity index (χ3n) is 3.45. The molecule has 0 fully saturated rings. The smallest absolute Gasteiger partial charge is 0.296 e. The minimum Gasteiger partial charge on any atom is -0.351 e. The van der Waals surface area contributed by atoms with E-state index >= 15 is 0 Å². The van der Waals surface area contributed by atoms with Crippen molar-refractivity contribution >= 4 is 22.4 Å². The summed E-state index contributed by atoms with van der Waals surface area (Å²) < 4.78 is 4.94. The number of anilines is 1. The number of thiazole rings is 1. The van der Waals surface area contributed by atoms with Gasteiger partial charge in [0.25, 0.3) is 5.91 Å². The highest BCUT2D eigenvalue weighted by Crippen LogP contribution is 2.26. The summed E-state index contributed by atoms with van der Waals surface area (Å²) in [5.41, 5.74) is 3.83. The molecule has 2 aromatic heterocycles. The lowest BCUT2D eigenvalue weighted by Gasteiger charge is -2.05. The molecular formula is C17H17N3O2S. The first-order chi connectivity index (χ1) is 11.0. The van der Waals surface area contributed by atoms with Crippen molar-refractivity contribution in [2.24, 2.45) is 0 Å². The van der Waals surface area contributed by atoms with Crippen LogP contribution in [0.2, 0.25) is 0 Å². The fourth-order valence-electron chi connectivity index (χ4n) is 2.13. The number of aromatic nitrogens is 2. The average molecular weight is 327 g/mol. The van der Waals surface area contributed by atoms with Gasteiger partial charge in [0.2, 0.25) is 5.76 Å². The summed E-state index contributed by atoms with van der Waals surface area (Å²) in [6.07, 6.45) is 0. The van der Waals surface area contributed by atoms with E-state index in [0.717, 1.165) is 11.3 Å². The number of nitrogens with one attached hydrogen (secondary N) is 1. The van der Waals surface area contributed by atoms with Crippen molar-refractivity contribution in [3.63, 3.8) is 0 Å². The van der Waals surface area contributed by atoms with Crippen LogP contribution < -0.4 is 5.32 Å². The third kappa shape index (κ3) is 3.48. The Morgan fingerprint density at radius 2 is 2.00 bits per heavy atom. The van der Waals surface area contributed by atoms with E-state index in [2.05, 4.69) is 53.6 Å². The summed E-state index contributed by atoms with van der Waals surface area (Å²) in [6, 6.07) is 9.91. The third-order valence-corrected chi connectivity index (χ3v) is 4.21. The van der Waals surface area contributed by atoms with Crippen LogP contribution in [-0.4, -0.2) is 16.0 Å². The first-order valence-corrected chi connectivity index (χ1v) is 8.21. The molecule has 3 aromatic rings. The molecule has 2 heterocycles. The Balaban J connectivity index is 1.74. The zero-order valence-electron chi connectivity index (χ0n) is 13.2. The Morgan fingerprint density at radius 3 is 2.61 bits per heavy atom. The van der Waals surface area contributed by atoms with E-state index in [9.17, 15) is 4.79 Å². The number of aryl methyl sites for hydroxylation is 1. The van der Waals surface area contributed by atoms with Gasteiger partial charge >= 0.3 is 0 Å². The molecule has 0 aliphatic heterocycles. The van der Waals surface area contributed by atoms with E-state index < -0.39 is 0 Å². The van der Waals surface area contributed by atoms with Gasteiger partial charge in [-0.1, -0.05) is 43.3 Å². The van der Waals surface area contributed by atoms with E-state index in [4.69, 9.17) is 4.52 Å². The standard InChI is InChI=1S/C17H17N3O2S/c1-10(2)12-4-6-13(7-5-12)14-9-23-17(18-14)19-16(21)15-8-11(3)20-22-15/h4-10H,1-3H3,(H,18,19,21). The monoisotopic (exact) mass is 327 g/mol. The van der Waals surface area contributed by atoms with Crippen LogP contribution in [0.25, 0.3) is 11.3 Å². The second kappa shape index (κ2) is 6.34. The topological polar surface area (TPSA) is 68.0 Å². The molecule has 0 saturated carbocycles. The fraction of sp³-hybridized carbons (Fsp3) is 0.235. The number of carbonyl (C=O) groups is 1. The van der Waals surface area contributed by atoms with E-state index in [0.29, 0.717) is 16.7 Å². The van der Waals surface area contributed by atoms with E-state index in [1.807, 2.05) is 5.38 Å². The van der Waals surface area contributed by atoms with Gasteiger partial charge in [0.15, 0.2) is 5.13 Å². The predicted molar refractivity (Wildman–Crippen MR) is 90.8 cm³/mol. The quantitative estimate of drug-likeness (QED) is 0.767. The average Bonchev–Trinajstić information content (AvgIpc) is 3.16. The summed E-state index contributed by atoms with van der Waals surface area (Å²) in [7, 11) is 0. The maximum Gasteiger partial charge on any atom is 0.296 e. The molecule has 5 nitrogen and oxygen atoms in total. The Labute approximate surface area is 138 Å². The Bertz CT molecular complexity index is 818. The largest absolute Gasteiger partial charge is 0.351 e. The van der Waals surface area contributed by atoms with Crippen molar-refractivity contribution in [3.8, 4) is 11.3 Å². The SMILES string of the molecule is Cc1cc(C(=O)Nc2nc(-c3ccc(C(C)C)cc3)cs2)on1. The summed E-state index contributed by atoms with van der Waals surface area (Å²) >= 11 is 1.38. The normalized spacial score (nSPS) is 11.0. The molecule has 0 aliphatic carbocycles. The Hall–Kier alpha value is -2.47. The van der Waals surface area contributed by atoms with Gasteiger partial charge in [-0.2, -0.15) is 0 Å². The molecule has 0 atom stereocenters. The zero-order chi connectivity index (χ0) is 16.4. The molecule has 0 spiro atoms. The van der Waals surface area contributed by atoms with Crippen LogP contribution >= 0.6 is 11.3 Å². The molecule has 23 heavy (non-hydrogen) atoms. The second-order valence-electron chi connectivity index (χ2n) is 5.60. The summed E-state index contributed by atoms with van der Waals surface area (Å²) in [6.45, 7) is 6.09. The zero-order valence-corrected chi connectivity index (χ0v) is 14.0. The summed E-state index contributed by atoms with van der Waals surface area (Å²) in [5.74, 6) is 0.335. The Kier molecular flexibility index (Phi) is 4.25. The number of benzene rings is 1. The van der Waals surface area contributed by atoms with Crippen LogP contribution in [0.1, 0.15) is 41.6 Å². The van der Waals surface area contributed by atoms with E-state index in [1.165, 1.54) is 16.9 Å². The highest BCUT2D eigenvalue weighted by atomic mass is 32.1. The number of hydrogen-bond donors (Lipinski definition) is 1. The van der Waals surface area contributed by atoms with Crippen LogP contribution in [0.4, 0.5) is 5.13 Å². The number of nitrogens with zero attached hydrogens (tertiary/aromatic N) is 2. The molecular weight excluding hydrogens is 310 g/mol. The maximum absolute atomic E-state index is 12.0. The highest BCUT2D eigenvalue weighted by Gasteiger charge is 2.14. The molecule has 6 heteroatoms. The second-order valence-corrected chi connectivity index (χ2v) is 6.46. The van der Waals surface area contributed by atoms with Gasteiger partial charge in [-0.15, -0.1) is 11.3 Å². The van der Waals surface area contributed by atoms with Crippen LogP contribution in [0, 0.1) is 6.92 Å². The maximum atomic E-state index is 12.0. The van der Waals surface area contributed by atoms with Crippen molar-refractivity contribution < 1.29 is 9.32 Å². The number of carbonyl (C=O) groups excluding carboxylic acids is 1. The lowest BCUT2D eigenvalue weighted by Crippen LogP contribution is -2.10. The molecule has 0 saturated heterocycles. The molecule has 1 N–H and O–H groups in total. The molecule has 0 radical (unpaired) electrons. The van der Waals surface area contributed by atoms with Gasteiger partial charge in [0.1, 0.15) is 0 Å². The molecule has 0 aliphatic rings. The van der Waals surface area contributed by atoms with Crippen molar-refractivity contribution in [1.82, 2.24) is 10.1 Å². The fourth-order valence-corrected chi connectivity index (χ4v) is 2.85. The first kappa shape index (κ1) is 15.4.